The molecule has 2 amide bonds. The molecule has 18 heavy (non-hydrogen) atoms. The van der Waals surface area contributed by atoms with E-state index in [1.54, 1.807) is 6.07 Å². The molecule has 0 aliphatic carbocycles. The number of rotatable bonds is 3. The van der Waals surface area contributed by atoms with E-state index in [2.05, 4.69) is 5.32 Å². The second-order valence-corrected chi connectivity index (χ2v) is 4.28. The maximum atomic E-state index is 11.1. The topological polar surface area (TPSA) is 55.1 Å². The largest absolute Gasteiger partial charge is 0.352 e. The monoisotopic (exact) mass is 260 g/mol. The van der Waals surface area contributed by atoms with Gasteiger partial charge in [-0.3, -0.25) is 0 Å². The average Bonchev–Trinajstić information content (AvgIpc) is 2.38. The number of benzene rings is 2. The molecular formula is C14H13ClN2O. The highest BCUT2D eigenvalue weighted by Crippen LogP contribution is 2.27. The maximum Gasteiger partial charge on any atom is 0.312 e. The number of carbonyl (C=O) groups is 1. The van der Waals surface area contributed by atoms with Crippen LogP contribution >= 0.6 is 11.6 Å². The van der Waals surface area contributed by atoms with E-state index in [0.29, 0.717) is 5.02 Å². The molecule has 2 rings (SSSR count). The molecule has 0 fully saturated rings. The van der Waals surface area contributed by atoms with Crippen LogP contribution in [-0.4, -0.2) is 6.03 Å². The normalized spacial score (nSPS) is 11.8. The van der Waals surface area contributed by atoms with Gasteiger partial charge in [0, 0.05) is 5.02 Å². The van der Waals surface area contributed by atoms with E-state index >= 15 is 0 Å². The minimum Gasteiger partial charge on any atom is -0.352 e. The van der Waals surface area contributed by atoms with Gasteiger partial charge in [0.05, 0.1) is 6.04 Å². The summed E-state index contributed by atoms with van der Waals surface area (Å²) in [7, 11) is 0. The number of carbonyl (C=O) groups excluding carboxylic acids is 1. The number of amides is 2. The fraction of sp³-hybridized carbons (Fsp3) is 0.0714. The molecule has 0 saturated carbocycles. The first-order valence-electron chi connectivity index (χ1n) is 5.54. The van der Waals surface area contributed by atoms with Crippen molar-refractivity contribution in [2.24, 2.45) is 5.73 Å². The molecule has 0 aliphatic rings. The van der Waals surface area contributed by atoms with E-state index in [0.717, 1.165) is 11.1 Å². The molecule has 3 N–H and O–H groups in total. The third-order valence-corrected chi connectivity index (χ3v) is 2.98. The van der Waals surface area contributed by atoms with Gasteiger partial charge >= 0.3 is 6.03 Å². The molecule has 0 aliphatic heterocycles. The van der Waals surface area contributed by atoms with Crippen LogP contribution < -0.4 is 11.1 Å². The number of nitrogens with two attached hydrogens (primary N) is 1. The SMILES string of the molecule is NC(=O)NC(c1ccccc1)c1ccccc1Cl. The van der Waals surface area contributed by atoms with Crippen LogP contribution in [0.15, 0.2) is 54.6 Å². The molecule has 92 valence electrons. The molecule has 4 heteroatoms. The van der Waals surface area contributed by atoms with Gasteiger partial charge < -0.3 is 11.1 Å². The third kappa shape index (κ3) is 2.81. The van der Waals surface area contributed by atoms with E-state index in [9.17, 15) is 4.79 Å². The average molecular weight is 261 g/mol. The summed E-state index contributed by atoms with van der Waals surface area (Å²) < 4.78 is 0. The number of halogens is 1. The van der Waals surface area contributed by atoms with Crippen LogP contribution in [0, 0.1) is 0 Å². The van der Waals surface area contributed by atoms with Gasteiger partial charge in [0.2, 0.25) is 0 Å². The lowest BCUT2D eigenvalue weighted by molar-refractivity contribution is 0.247. The zero-order valence-corrected chi connectivity index (χ0v) is 10.4. The zero-order chi connectivity index (χ0) is 13.0. The van der Waals surface area contributed by atoms with Crippen molar-refractivity contribution >= 4 is 17.6 Å². The van der Waals surface area contributed by atoms with Crippen molar-refractivity contribution in [1.29, 1.82) is 0 Å². The molecular weight excluding hydrogens is 248 g/mol. The zero-order valence-electron chi connectivity index (χ0n) is 9.64. The predicted molar refractivity (Wildman–Crippen MR) is 72.5 cm³/mol. The van der Waals surface area contributed by atoms with Crippen LogP contribution in [-0.2, 0) is 0 Å². The summed E-state index contributed by atoms with van der Waals surface area (Å²) in [4.78, 5) is 11.1. The van der Waals surface area contributed by atoms with Crippen LogP contribution in [0.2, 0.25) is 5.02 Å². The summed E-state index contributed by atoms with van der Waals surface area (Å²) in [5.41, 5.74) is 6.98. The van der Waals surface area contributed by atoms with Gasteiger partial charge in [0.1, 0.15) is 0 Å². The summed E-state index contributed by atoms with van der Waals surface area (Å²) in [6.07, 6.45) is 0. The van der Waals surface area contributed by atoms with Crippen LogP contribution in [0.25, 0.3) is 0 Å². The number of nitrogens with one attached hydrogen (secondary N) is 1. The van der Waals surface area contributed by atoms with Gasteiger partial charge in [-0.15, -0.1) is 0 Å². The lowest BCUT2D eigenvalue weighted by Crippen LogP contribution is -2.33. The summed E-state index contributed by atoms with van der Waals surface area (Å²) in [6, 6.07) is 16.0. The predicted octanol–water partition coefficient (Wildman–Crippen LogP) is 3.10. The number of primary amides is 1. The summed E-state index contributed by atoms with van der Waals surface area (Å²) in [6.45, 7) is 0. The molecule has 0 aromatic heterocycles. The summed E-state index contributed by atoms with van der Waals surface area (Å²) >= 11 is 6.16. The van der Waals surface area contributed by atoms with Crippen molar-refractivity contribution in [2.45, 2.75) is 6.04 Å². The summed E-state index contributed by atoms with van der Waals surface area (Å²) in [5, 5.41) is 3.31. The molecule has 0 heterocycles. The Hall–Kier alpha value is -2.00. The van der Waals surface area contributed by atoms with Crippen LogP contribution in [0.1, 0.15) is 17.2 Å². The highest BCUT2D eigenvalue weighted by molar-refractivity contribution is 6.31. The quantitative estimate of drug-likeness (QED) is 0.875. The van der Waals surface area contributed by atoms with Crippen molar-refractivity contribution in [2.75, 3.05) is 0 Å². The highest BCUT2D eigenvalue weighted by atomic mass is 35.5. The number of urea groups is 1. The van der Waals surface area contributed by atoms with Gasteiger partial charge in [-0.05, 0) is 17.2 Å². The van der Waals surface area contributed by atoms with E-state index in [-0.39, 0.29) is 6.04 Å². The van der Waals surface area contributed by atoms with Crippen molar-refractivity contribution in [3.05, 3.63) is 70.7 Å². The molecule has 1 unspecified atom stereocenters. The number of hydrogen-bond acceptors (Lipinski definition) is 1. The van der Waals surface area contributed by atoms with Crippen LogP contribution in [0.3, 0.4) is 0 Å². The van der Waals surface area contributed by atoms with Gasteiger partial charge in [-0.2, -0.15) is 0 Å². The van der Waals surface area contributed by atoms with Gasteiger partial charge in [0.15, 0.2) is 0 Å². The maximum absolute atomic E-state index is 11.1. The lowest BCUT2D eigenvalue weighted by Gasteiger charge is -2.19. The lowest BCUT2D eigenvalue weighted by atomic mass is 9.99. The first-order chi connectivity index (χ1) is 8.68. The van der Waals surface area contributed by atoms with Crippen LogP contribution in [0.4, 0.5) is 4.79 Å². The van der Waals surface area contributed by atoms with Crippen molar-refractivity contribution in [3.63, 3.8) is 0 Å². The van der Waals surface area contributed by atoms with E-state index in [1.165, 1.54) is 0 Å². The molecule has 0 radical (unpaired) electrons. The van der Waals surface area contributed by atoms with E-state index in [4.69, 9.17) is 17.3 Å². The van der Waals surface area contributed by atoms with Crippen LogP contribution in [0.5, 0.6) is 0 Å². The Labute approximate surface area is 111 Å². The van der Waals surface area contributed by atoms with Crippen molar-refractivity contribution < 1.29 is 4.79 Å². The molecule has 2 aromatic carbocycles. The Morgan fingerprint density at radius 1 is 1.06 bits per heavy atom. The molecule has 1 atom stereocenters. The number of hydrogen-bond donors (Lipinski definition) is 2. The Bertz CT molecular complexity index is 543. The first kappa shape index (κ1) is 12.5. The smallest absolute Gasteiger partial charge is 0.312 e. The molecule has 0 spiro atoms. The fourth-order valence-corrected chi connectivity index (χ4v) is 2.08. The minimum atomic E-state index is -0.580. The third-order valence-electron chi connectivity index (χ3n) is 2.64. The molecule has 2 aromatic rings. The fourth-order valence-electron chi connectivity index (χ4n) is 1.84. The van der Waals surface area contributed by atoms with Gasteiger partial charge in [0.25, 0.3) is 0 Å². The second-order valence-electron chi connectivity index (χ2n) is 3.87. The standard InChI is InChI=1S/C14H13ClN2O/c15-12-9-5-4-8-11(12)13(17-14(16)18)10-6-2-1-3-7-10/h1-9,13H,(H3,16,17,18). The van der Waals surface area contributed by atoms with Gasteiger partial charge in [-0.25, -0.2) is 4.79 Å². The highest BCUT2D eigenvalue weighted by Gasteiger charge is 2.17. The van der Waals surface area contributed by atoms with E-state index in [1.807, 2.05) is 48.5 Å². The first-order valence-corrected chi connectivity index (χ1v) is 5.91. The Balaban J connectivity index is 2.44. The molecule has 3 nitrogen and oxygen atoms in total. The Morgan fingerprint density at radius 3 is 2.28 bits per heavy atom. The minimum absolute atomic E-state index is 0.336. The Kier molecular flexibility index (Phi) is 3.85. The molecule has 0 bridgehead atoms. The molecule has 0 saturated heterocycles. The Morgan fingerprint density at radius 2 is 1.67 bits per heavy atom. The summed E-state index contributed by atoms with van der Waals surface area (Å²) in [5.74, 6) is 0. The van der Waals surface area contributed by atoms with E-state index < -0.39 is 6.03 Å². The second kappa shape index (κ2) is 5.56. The van der Waals surface area contributed by atoms with Crippen molar-refractivity contribution in [3.8, 4) is 0 Å². The van der Waals surface area contributed by atoms with Crippen molar-refractivity contribution in [1.82, 2.24) is 5.32 Å². The van der Waals surface area contributed by atoms with Gasteiger partial charge in [-0.1, -0.05) is 60.1 Å².